The van der Waals surface area contributed by atoms with Gasteiger partial charge in [0.15, 0.2) is 5.82 Å². The first-order valence-corrected chi connectivity index (χ1v) is 8.33. The Morgan fingerprint density at radius 2 is 1.81 bits per heavy atom. The van der Waals surface area contributed by atoms with Crippen LogP contribution in [0, 0.1) is 24.1 Å². The maximum absolute atomic E-state index is 14.6. The van der Waals surface area contributed by atoms with Gasteiger partial charge < -0.3 is 9.67 Å². The highest BCUT2D eigenvalue weighted by molar-refractivity contribution is 5.87. The fraction of sp³-hybridized carbons (Fsp3) is 0.0909. The molecule has 0 spiro atoms. The van der Waals surface area contributed by atoms with Crippen molar-refractivity contribution in [1.29, 1.82) is 5.26 Å². The molecule has 0 aliphatic heterocycles. The molecule has 0 aliphatic carbocycles. The first-order chi connectivity index (χ1) is 13.1. The highest BCUT2D eigenvalue weighted by Gasteiger charge is 2.15. The van der Waals surface area contributed by atoms with Gasteiger partial charge in [0.2, 0.25) is 0 Å². The van der Waals surface area contributed by atoms with E-state index in [4.69, 9.17) is 15.2 Å². The fourth-order valence-corrected chi connectivity index (χ4v) is 3.31. The Bertz CT molecular complexity index is 1170. The molecule has 0 unspecified atom stereocenters. The van der Waals surface area contributed by atoms with Gasteiger partial charge in [-0.2, -0.15) is 5.26 Å². The van der Waals surface area contributed by atoms with E-state index in [0.717, 1.165) is 16.5 Å². The van der Waals surface area contributed by atoms with E-state index in [-0.39, 0.29) is 12.3 Å². The van der Waals surface area contributed by atoms with Crippen LogP contribution in [-0.4, -0.2) is 16.1 Å². The maximum atomic E-state index is 14.6. The molecule has 0 radical (unpaired) electrons. The van der Waals surface area contributed by atoms with Crippen molar-refractivity contribution in [2.45, 2.75) is 13.5 Å². The van der Waals surface area contributed by atoms with Crippen LogP contribution in [0.4, 0.5) is 4.39 Å². The van der Waals surface area contributed by atoms with Crippen molar-refractivity contribution in [3.8, 4) is 6.07 Å². The summed E-state index contributed by atoms with van der Waals surface area (Å²) < 4.78 is 16.5. The van der Waals surface area contributed by atoms with Crippen LogP contribution >= 0.6 is 0 Å². The number of carboxylic acid groups (broad SMARTS) is 1. The molecule has 0 aliphatic rings. The van der Waals surface area contributed by atoms with Crippen molar-refractivity contribution < 1.29 is 14.3 Å². The summed E-state index contributed by atoms with van der Waals surface area (Å²) >= 11 is 0. The first-order valence-electron chi connectivity index (χ1n) is 8.33. The molecule has 0 fully saturated rings. The van der Waals surface area contributed by atoms with E-state index >= 15 is 0 Å². The number of hydrogen-bond donors (Lipinski definition) is 1. The summed E-state index contributed by atoms with van der Waals surface area (Å²) in [7, 11) is 0. The van der Waals surface area contributed by atoms with E-state index in [1.165, 1.54) is 5.39 Å². The summed E-state index contributed by atoms with van der Waals surface area (Å²) in [6.45, 7) is 2.11. The van der Waals surface area contributed by atoms with Gasteiger partial charge in [-0.3, -0.25) is 4.79 Å². The predicted molar refractivity (Wildman–Crippen MR) is 103 cm³/mol. The standard InChI is InChI=1S/C21H15FN2.CH2O2/c1-14-21(22)19-10-9-15(12-23)11-20(19)24(14)13-17-7-4-6-16-5-2-3-8-18(16)17;2-1-3/h2-11H,13H2,1H3;1H,(H,2,3). The number of aromatic nitrogens is 1. The third-order valence-electron chi connectivity index (χ3n) is 4.59. The van der Waals surface area contributed by atoms with Gasteiger partial charge in [-0.15, -0.1) is 0 Å². The number of nitriles is 1. The van der Waals surface area contributed by atoms with Crippen molar-refractivity contribution in [3.05, 3.63) is 83.3 Å². The van der Waals surface area contributed by atoms with E-state index in [2.05, 4.69) is 30.3 Å². The topological polar surface area (TPSA) is 66.0 Å². The Hall–Kier alpha value is -3.65. The zero-order valence-electron chi connectivity index (χ0n) is 14.7. The quantitative estimate of drug-likeness (QED) is 0.519. The zero-order chi connectivity index (χ0) is 19.4. The van der Waals surface area contributed by atoms with Gasteiger partial charge in [0.05, 0.1) is 22.8 Å². The van der Waals surface area contributed by atoms with Crippen LogP contribution in [0.1, 0.15) is 16.8 Å². The van der Waals surface area contributed by atoms with Crippen LogP contribution in [0.5, 0.6) is 0 Å². The van der Waals surface area contributed by atoms with Gasteiger partial charge in [-0.1, -0.05) is 42.5 Å². The summed E-state index contributed by atoms with van der Waals surface area (Å²) in [5, 5.41) is 18.9. The molecule has 5 heteroatoms. The third-order valence-corrected chi connectivity index (χ3v) is 4.59. The van der Waals surface area contributed by atoms with Gasteiger partial charge in [0.25, 0.3) is 6.47 Å². The lowest BCUT2D eigenvalue weighted by atomic mass is 10.0. The van der Waals surface area contributed by atoms with Crippen LogP contribution in [0.2, 0.25) is 0 Å². The minimum Gasteiger partial charge on any atom is -0.483 e. The van der Waals surface area contributed by atoms with Crippen molar-refractivity contribution in [2.75, 3.05) is 0 Å². The second-order valence-electron chi connectivity index (χ2n) is 6.07. The summed E-state index contributed by atoms with van der Waals surface area (Å²) in [6.07, 6.45) is 0. The zero-order valence-corrected chi connectivity index (χ0v) is 14.7. The Morgan fingerprint density at radius 3 is 2.56 bits per heavy atom. The number of hydrogen-bond acceptors (Lipinski definition) is 2. The molecule has 1 N–H and O–H groups in total. The summed E-state index contributed by atoms with van der Waals surface area (Å²) in [6, 6.07) is 21.6. The molecule has 0 saturated heterocycles. The molecule has 134 valence electrons. The van der Waals surface area contributed by atoms with Crippen LogP contribution in [0.3, 0.4) is 0 Å². The average Bonchev–Trinajstić information content (AvgIpc) is 2.93. The number of fused-ring (bicyclic) bond motifs is 2. The van der Waals surface area contributed by atoms with E-state index in [1.54, 1.807) is 25.1 Å². The lowest BCUT2D eigenvalue weighted by Gasteiger charge is -2.11. The largest absolute Gasteiger partial charge is 0.483 e. The smallest absolute Gasteiger partial charge is 0.290 e. The van der Waals surface area contributed by atoms with Gasteiger partial charge in [0, 0.05) is 11.9 Å². The number of halogens is 1. The number of benzene rings is 3. The van der Waals surface area contributed by atoms with Gasteiger partial charge >= 0.3 is 0 Å². The van der Waals surface area contributed by atoms with Crippen LogP contribution in [0.25, 0.3) is 21.7 Å². The molecule has 0 atom stereocenters. The second kappa shape index (κ2) is 7.71. The molecule has 1 heterocycles. The molecule has 1 aromatic heterocycles. The van der Waals surface area contributed by atoms with Crippen LogP contribution < -0.4 is 0 Å². The van der Waals surface area contributed by atoms with Crippen LogP contribution in [-0.2, 0) is 11.3 Å². The first kappa shape index (κ1) is 18.2. The van der Waals surface area contributed by atoms with E-state index in [0.29, 0.717) is 23.2 Å². The molecule has 3 aromatic carbocycles. The molecule has 0 bridgehead atoms. The molecular weight excluding hydrogens is 343 g/mol. The summed E-state index contributed by atoms with van der Waals surface area (Å²) in [5.74, 6) is -0.213. The van der Waals surface area contributed by atoms with Crippen molar-refractivity contribution >= 4 is 28.1 Å². The number of nitrogens with zero attached hydrogens (tertiary/aromatic N) is 2. The Balaban J connectivity index is 0.000000659. The van der Waals surface area contributed by atoms with Crippen LogP contribution in [0.15, 0.2) is 60.7 Å². The lowest BCUT2D eigenvalue weighted by molar-refractivity contribution is -0.122. The third kappa shape index (κ3) is 3.38. The van der Waals surface area contributed by atoms with E-state index in [9.17, 15) is 4.39 Å². The molecule has 0 saturated carbocycles. The van der Waals surface area contributed by atoms with Gasteiger partial charge in [-0.05, 0) is 41.5 Å². The normalized spacial score (nSPS) is 10.3. The minimum absolute atomic E-state index is 0.213. The molecule has 27 heavy (non-hydrogen) atoms. The van der Waals surface area contributed by atoms with Gasteiger partial charge in [-0.25, -0.2) is 4.39 Å². The highest BCUT2D eigenvalue weighted by atomic mass is 19.1. The maximum Gasteiger partial charge on any atom is 0.290 e. The lowest BCUT2D eigenvalue weighted by Crippen LogP contribution is -2.02. The van der Waals surface area contributed by atoms with E-state index in [1.807, 2.05) is 22.8 Å². The average molecular weight is 360 g/mol. The Morgan fingerprint density at radius 1 is 1.11 bits per heavy atom. The fourth-order valence-electron chi connectivity index (χ4n) is 3.31. The minimum atomic E-state index is -0.250. The number of rotatable bonds is 2. The van der Waals surface area contributed by atoms with Crippen molar-refractivity contribution in [1.82, 2.24) is 4.57 Å². The monoisotopic (exact) mass is 360 g/mol. The molecule has 4 nitrogen and oxygen atoms in total. The Kier molecular flexibility index (Phi) is 5.18. The molecule has 4 aromatic rings. The molecule has 4 rings (SSSR count). The Labute approximate surface area is 155 Å². The number of carbonyl (C=O) groups is 1. The predicted octanol–water partition coefficient (Wildman–Crippen LogP) is 4.86. The highest BCUT2D eigenvalue weighted by Crippen LogP contribution is 2.28. The van der Waals surface area contributed by atoms with Crippen molar-refractivity contribution in [2.24, 2.45) is 0 Å². The SMILES string of the molecule is Cc1c(F)c2ccc(C#N)cc2n1Cc1cccc2ccccc12.O=CO. The van der Waals surface area contributed by atoms with Gasteiger partial charge in [0.1, 0.15) is 0 Å². The van der Waals surface area contributed by atoms with Crippen molar-refractivity contribution in [3.63, 3.8) is 0 Å². The summed E-state index contributed by atoms with van der Waals surface area (Å²) in [4.78, 5) is 8.36. The molecule has 0 amide bonds. The molecular formula is C22H17FN2O2. The van der Waals surface area contributed by atoms with E-state index < -0.39 is 0 Å². The second-order valence-corrected chi connectivity index (χ2v) is 6.07. The summed E-state index contributed by atoms with van der Waals surface area (Å²) in [5.41, 5.74) is 3.03.